The average Bonchev–Trinajstić information content (AvgIpc) is 3.05. The number of rotatable bonds is 3. The van der Waals surface area contributed by atoms with Gasteiger partial charge in [-0.2, -0.15) is 0 Å². The number of hydrogen-bond acceptors (Lipinski definition) is 6. The first-order valence-electron chi connectivity index (χ1n) is 7.58. The van der Waals surface area contributed by atoms with E-state index in [0.29, 0.717) is 16.9 Å². The van der Waals surface area contributed by atoms with Gasteiger partial charge < -0.3 is 18.3 Å². The van der Waals surface area contributed by atoms with Crippen molar-refractivity contribution in [3.05, 3.63) is 40.4 Å². The standard InChI is InChI=1S/C17H17NO5.ClH/c1-20-17-15-12(4-7-22-15)13(10-18-5-8-21-9-6-18)11-2-3-14(19)23-16(11)17;/h2-4,7H,5-6,8-10H2,1H3;1H. The molecule has 1 fully saturated rings. The highest BCUT2D eigenvalue weighted by atomic mass is 35.5. The molecule has 1 saturated heterocycles. The van der Waals surface area contributed by atoms with E-state index in [1.807, 2.05) is 6.07 Å². The first kappa shape index (κ1) is 16.8. The number of furan rings is 1. The Morgan fingerprint density at radius 2 is 1.88 bits per heavy atom. The van der Waals surface area contributed by atoms with Crippen LogP contribution in [-0.2, 0) is 11.3 Å². The van der Waals surface area contributed by atoms with Crippen LogP contribution in [0.25, 0.3) is 21.9 Å². The number of nitrogens with zero attached hydrogens (tertiary/aromatic N) is 1. The molecule has 1 aromatic carbocycles. The van der Waals surface area contributed by atoms with Crippen LogP contribution in [0.5, 0.6) is 5.75 Å². The molecule has 6 nitrogen and oxygen atoms in total. The minimum absolute atomic E-state index is 0. The molecule has 0 aliphatic carbocycles. The summed E-state index contributed by atoms with van der Waals surface area (Å²) in [5.41, 5.74) is 1.72. The number of ether oxygens (including phenoxy) is 2. The lowest BCUT2D eigenvalue weighted by Crippen LogP contribution is -2.35. The van der Waals surface area contributed by atoms with Gasteiger partial charge in [0.25, 0.3) is 0 Å². The fourth-order valence-electron chi connectivity index (χ4n) is 3.13. The van der Waals surface area contributed by atoms with Gasteiger partial charge >= 0.3 is 5.63 Å². The molecule has 3 aromatic rings. The molecule has 0 amide bonds. The Labute approximate surface area is 144 Å². The Balaban J connectivity index is 0.00000169. The molecule has 2 aromatic heterocycles. The summed E-state index contributed by atoms with van der Waals surface area (Å²) < 4.78 is 21.8. The van der Waals surface area contributed by atoms with Crippen LogP contribution in [-0.4, -0.2) is 38.3 Å². The van der Waals surface area contributed by atoms with Gasteiger partial charge in [-0.05, 0) is 17.7 Å². The van der Waals surface area contributed by atoms with Gasteiger partial charge in [-0.3, -0.25) is 4.90 Å². The van der Waals surface area contributed by atoms with Crippen LogP contribution in [0.4, 0.5) is 0 Å². The molecule has 0 atom stereocenters. The van der Waals surface area contributed by atoms with E-state index in [0.717, 1.165) is 49.2 Å². The molecule has 0 spiro atoms. The maximum Gasteiger partial charge on any atom is 0.336 e. The Hall–Kier alpha value is -2.02. The number of halogens is 1. The second kappa shape index (κ2) is 6.84. The lowest BCUT2D eigenvalue weighted by molar-refractivity contribution is 0.0345. The minimum atomic E-state index is -0.404. The maximum atomic E-state index is 11.6. The molecule has 3 heterocycles. The van der Waals surface area contributed by atoms with E-state index in [2.05, 4.69) is 4.90 Å². The van der Waals surface area contributed by atoms with E-state index >= 15 is 0 Å². The van der Waals surface area contributed by atoms with Crippen molar-refractivity contribution in [3.63, 3.8) is 0 Å². The van der Waals surface area contributed by atoms with Crippen molar-refractivity contribution in [3.8, 4) is 5.75 Å². The molecular weight excluding hydrogens is 334 g/mol. The fourth-order valence-corrected chi connectivity index (χ4v) is 3.13. The van der Waals surface area contributed by atoms with Gasteiger partial charge in [0, 0.05) is 36.5 Å². The smallest absolute Gasteiger partial charge is 0.336 e. The van der Waals surface area contributed by atoms with Crippen LogP contribution in [0, 0.1) is 0 Å². The number of fused-ring (bicyclic) bond motifs is 2. The van der Waals surface area contributed by atoms with Gasteiger partial charge in [0.05, 0.1) is 26.6 Å². The van der Waals surface area contributed by atoms with Gasteiger partial charge in [0.15, 0.2) is 11.2 Å². The molecule has 0 bridgehead atoms. The summed E-state index contributed by atoms with van der Waals surface area (Å²) in [5.74, 6) is 0.462. The second-order valence-electron chi connectivity index (χ2n) is 5.56. The lowest BCUT2D eigenvalue weighted by Gasteiger charge is -2.27. The molecule has 1 aliphatic rings. The van der Waals surface area contributed by atoms with Crippen molar-refractivity contribution in [1.82, 2.24) is 4.90 Å². The third-order valence-corrected chi connectivity index (χ3v) is 4.25. The zero-order valence-electron chi connectivity index (χ0n) is 13.2. The Kier molecular flexibility index (Phi) is 4.80. The van der Waals surface area contributed by atoms with Crippen molar-refractivity contribution in [1.29, 1.82) is 0 Å². The molecule has 0 saturated carbocycles. The van der Waals surface area contributed by atoms with Crippen LogP contribution in [0.1, 0.15) is 5.56 Å². The Morgan fingerprint density at radius 1 is 1.12 bits per heavy atom. The highest BCUT2D eigenvalue weighted by Crippen LogP contribution is 2.38. The molecule has 1 aliphatic heterocycles. The summed E-state index contributed by atoms with van der Waals surface area (Å²) in [6, 6.07) is 5.17. The SMILES string of the molecule is COc1c2occc2c(CN2CCOCC2)c2ccc(=O)oc12.Cl. The molecule has 4 rings (SSSR count). The van der Waals surface area contributed by atoms with Crippen molar-refractivity contribution < 1.29 is 18.3 Å². The quantitative estimate of drug-likeness (QED) is 0.676. The zero-order chi connectivity index (χ0) is 15.8. The highest BCUT2D eigenvalue weighted by molar-refractivity contribution is 6.03. The number of methoxy groups -OCH3 is 1. The number of benzene rings is 1. The summed E-state index contributed by atoms with van der Waals surface area (Å²) in [4.78, 5) is 14.0. The zero-order valence-corrected chi connectivity index (χ0v) is 14.1. The van der Waals surface area contributed by atoms with E-state index in [1.165, 1.54) is 6.07 Å². The van der Waals surface area contributed by atoms with E-state index in [9.17, 15) is 4.79 Å². The van der Waals surface area contributed by atoms with Crippen LogP contribution >= 0.6 is 12.4 Å². The normalized spacial score (nSPS) is 15.5. The van der Waals surface area contributed by atoms with Gasteiger partial charge in [-0.25, -0.2) is 4.79 Å². The van der Waals surface area contributed by atoms with Gasteiger partial charge in [0.1, 0.15) is 0 Å². The van der Waals surface area contributed by atoms with Crippen molar-refractivity contribution in [2.24, 2.45) is 0 Å². The third-order valence-electron chi connectivity index (χ3n) is 4.25. The minimum Gasteiger partial charge on any atom is -0.490 e. The van der Waals surface area contributed by atoms with Crippen LogP contribution in [0.15, 0.2) is 38.1 Å². The molecule has 0 N–H and O–H groups in total. The highest BCUT2D eigenvalue weighted by Gasteiger charge is 2.21. The van der Waals surface area contributed by atoms with Crippen molar-refractivity contribution in [2.75, 3.05) is 33.4 Å². The van der Waals surface area contributed by atoms with Crippen LogP contribution < -0.4 is 10.4 Å². The van der Waals surface area contributed by atoms with E-state index in [4.69, 9.17) is 18.3 Å². The summed E-state index contributed by atoms with van der Waals surface area (Å²) in [5, 5.41) is 1.86. The molecular formula is C17H18ClNO5. The predicted octanol–water partition coefficient (Wildman–Crippen LogP) is 2.80. The summed E-state index contributed by atoms with van der Waals surface area (Å²) in [6.07, 6.45) is 1.63. The van der Waals surface area contributed by atoms with E-state index in [1.54, 1.807) is 19.4 Å². The number of hydrogen-bond donors (Lipinski definition) is 0. The summed E-state index contributed by atoms with van der Waals surface area (Å²) in [6.45, 7) is 3.97. The fraction of sp³-hybridized carbons (Fsp3) is 0.353. The second-order valence-corrected chi connectivity index (χ2v) is 5.56. The molecule has 24 heavy (non-hydrogen) atoms. The van der Waals surface area contributed by atoms with Gasteiger partial charge in [-0.15, -0.1) is 12.4 Å². The Morgan fingerprint density at radius 3 is 2.62 bits per heavy atom. The van der Waals surface area contributed by atoms with Crippen LogP contribution in [0.3, 0.4) is 0 Å². The predicted molar refractivity (Wildman–Crippen MR) is 92.2 cm³/mol. The van der Waals surface area contributed by atoms with Gasteiger partial charge in [-0.1, -0.05) is 0 Å². The molecule has 0 radical (unpaired) electrons. The summed E-state index contributed by atoms with van der Waals surface area (Å²) in [7, 11) is 1.55. The monoisotopic (exact) mass is 351 g/mol. The third kappa shape index (κ3) is 2.77. The lowest BCUT2D eigenvalue weighted by atomic mass is 10.0. The van der Waals surface area contributed by atoms with E-state index < -0.39 is 5.63 Å². The molecule has 0 unspecified atom stereocenters. The largest absolute Gasteiger partial charge is 0.490 e. The van der Waals surface area contributed by atoms with Crippen molar-refractivity contribution >= 4 is 34.3 Å². The van der Waals surface area contributed by atoms with E-state index in [-0.39, 0.29) is 12.4 Å². The first-order valence-corrected chi connectivity index (χ1v) is 7.58. The first-order chi connectivity index (χ1) is 11.3. The van der Waals surface area contributed by atoms with Crippen molar-refractivity contribution in [2.45, 2.75) is 6.54 Å². The van der Waals surface area contributed by atoms with Gasteiger partial charge in [0.2, 0.25) is 5.75 Å². The number of morpholine rings is 1. The Bertz CT molecular complexity index is 910. The van der Waals surface area contributed by atoms with Crippen LogP contribution in [0.2, 0.25) is 0 Å². The average molecular weight is 352 g/mol. The molecule has 7 heteroatoms. The topological polar surface area (TPSA) is 65.1 Å². The summed E-state index contributed by atoms with van der Waals surface area (Å²) >= 11 is 0. The molecule has 128 valence electrons. The maximum absolute atomic E-state index is 11.6.